The van der Waals surface area contributed by atoms with Gasteiger partial charge in [0.15, 0.2) is 0 Å². The smallest absolute Gasteiger partial charge is 0.238 e. The van der Waals surface area contributed by atoms with Gasteiger partial charge in [-0.2, -0.15) is 0 Å². The second-order valence-electron chi connectivity index (χ2n) is 4.96. The molecule has 6 heteroatoms. The van der Waals surface area contributed by atoms with E-state index in [-0.39, 0.29) is 24.1 Å². The molecule has 0 atom stereocenters. The molecule has 1 aliphatic rings. The van der Waals surface area contributed by atoms with Crippen LogP contribution in [0.25, 0.3) is 0 Å². The third kappa shape index (κ3) is 4.09. The van der Waals surface area contributed by atoms with Crippen molar-refractivity contribution in [2.45, 2.75) is 12.8 Å². The Kier molecular flexibility index (Phi) is 4.79. The highest BCUT2D eigenvalue weighted by atomic mass is 19.1. The van der Waals surface area contributed by atoms with Crippen molar-refractivity contribution in [2.24, 2.45) is 5.92 Å². The van der Waals surface area contributed by atoms with Gasteiger partial charge in [0.1, 0.15) is 17.9 Å². The average Bonchev–Trinajstić information content (AvgIpc) is 2.38. The number of aldehydes is 1. The van der Waals surface area contributed by atoms with Crippen LogP contribution in [-0.2, 0) is 9.59 Å². The van der Waals surface area contributed by atoms with Crippen molar-refractivity contribution in [3.05, 3.63) is 29.8 Å². The van der Waals surface area contributed by atoms with Crippen molar-refractivity contribution in [3.8, 4) is 0 Å². The summed E-state index contributed by atoms with van der Waals surface area (Å²) in [7, 11) is 0. The van der Waals surface area contributed by atoms with E-state index in [1.807, 2.05) is 4.90 Å². The number of piperidine rings is 1. The molecule has 1 N–H and O–H groups in total. The SMILES string of the molecule is O=CC1CCN(CC(=O)Nc2cc(F)cc(F)c2)CC1. The van der Waals surface area contributed by atoms with E-state index >= 15 is 0 Å². The number of carbonyl (C=O) groups excluding carboxylic acids is 2. The van der Waals surface area contributed by atoms with Crippen LogP contribution in [0.15, 0.2) is 18.2 Å². The van der Waals surface area contributed by atoms with Gasteiger partial charge in [0, 0.05) is 17.7 Å². The van der Waals surface area contributed by atoms with E-state index in [9.17, 15) is 18.4 Å². The number of hydrogen-bond acceptors (Lipinski definition) is 3. The van der Waals surface area contributed by atoms with Gasteiger partial charge in [0.25, 0.3) is 0 Å². The number of hydrogen-bond donors (Lipinski definition) is 1. The van der Waals surface area contributed by atoms with Crippen molar-refractivity contribution >= 4 is 17.9 Å². The number of nitrogens with one attached hydrogen (secondary N) is 1. The maximum Gasteiger partial charge on any atom is 0.238 e. The third-order valence-corrected chi connectivity index (χ3v) is 3.34. The number of nitrogens with zero attached hydrogens (tertiary/aromatic N) is 1. The molecule has 2 rings (SSSR count). The number of anilines is 1. The molecule has 0 unspecified atom stereocenters. The van der Waals surface area contributed by atoms with E-state index in [1.54, 1.807) is 0 Å². The molecule has 0 saturated carbocycles. The Morgan fingerprint density at radius 1 is 1.25 bits per heavy atom. The van der Waals surface area contributed by atoms with Crippen molar-refractivity contribution in [1.29, 1.82) is 0 Å². The Labute approximate surface area is 115 Å². The predicted octanol–water partition coefficient (Wildman–Crippen LogP) is 1.81. The standard InChI is InChI=1S/C14H16F2N2O2/c15-11-5-12(16)7-13(6-11)17-14(20)8-18-3-1-10(9-19)2-4-18/h5-7,9-10H,1-4,8H2,(H,17,20). The monoisotopic (exact) mass is 282 g/mol. The van der Waals surface area contributed by atoms with E-state index in [2.05, 4.69) is 5.32 Å². The summed E-state index contributed by atoms with van der Waals surface area (Å²) in [4.78, 5) is 24.3. The van der Waals surface area contributed by atoms with Crippen LogP contribution in [0.4, 0.5) is 14.5 Å². The van der Waals surface area contributed by atoms with Crippen LogP contribution in [0.5, 0.6) is 0 Å². The van der Waals surface area contributed by atoms with Crippen molar-refractivity contribution < 1.29 is 18.4 Å². The fraction of sp³-hybridized carbons (Fsp3) is 0.429. The lowest BCUT2D eigenvalue weighted by molar-refractivity contribution is -0.117. The molecule has 4 nitrogen and oxygen atoms in total. The van der Waals surface area contributed by atoms with E-state index < -0.39 is 11.6 Å². The molecule has 0 aliphatic carbocycles. The quantitative estimate of drug-likeness (QED) is 0.857. The first kappa shape index (κ1) is 14.6. The van der Waals surface area contributed by atoms with Crippen molar-refractivity contribution in [3.63, 3.8) is 0 Å². The highest BCUT2D eigenvalue weighted by Crippen LogP contribution is 2.16. The lowest BCUT2D eigenvalue weighted by Crippen LogP contribution is -2.39. The average molecular weight is 282 g/mol. The number of rotatable bonds is 4. The summed E-state index contributed by atoms with van der Waals surface area (Å²) in [6.07, 6.45) is 2.43. The van der Waals surface area contributed by atoms with Gasteiger partial charge in [-0.1, -0.05) is 0 Å². The minimum atomic E-state index is -0.730. The molecule has 0 bridgehead atoms. The van der Waals surface area contributed by atoms with E-state index in [0.717, 1.165) is 37.3 Å². The number of halogens is 2. The molecule has 0 radical (unpaired) electrons. The Hall–Kier alpha value is -1.82. The molecule has 1 aromatic rings. The molecule has 108 valence electrons. The Morgan fingerprint density at radius 2 is 1.85 bits per heavy atom. The minimum absolute atomic E-state index is 0.0756. The highest BCUT2D eigenvalue weighted by molar-refractivity contribution is 5.92. The molecule has 1 aliphatic heterocycles. The number of carbonyl (C=O) groups is 2. The zero-order chi connectivity index (χ0) is 14.5. The van der Waals surface area contributed by atoms with E-state index in [1.165, 1.54) is 0 Å². The number of likely N-dealkylation sites (tertiary alicyclic amines) is 1. The summed E-state index contributed by atoms with van der Waals surface area (Å²) < 4.78 is 26.0. The van der Waals surface area contributed by atoms with Crippen LogP contribution in [0, 0.1) is 17.6 Å². The van der Waals surface area contributed by atoms with Gasteiger partial charge >= 0.3 is 0 Å². The van der Waals surface area contributed by atoms with Gasteiger partial charge in [-0.25, -0.2) is 8.78 Å². The molecule has 0 spiro atoms. The van der Waals surface area contributed by atoms with E-state index in [0.29, 0.717) is 13.1 Å². The van der Waals surface area contributed by atoms with Crippen molar-refractivity contribution in [1.82, 2.24) is 4.90 Å². The summed E-state index contributed by atoms with van der Waals surface area (Å²) in [5.41, 5.74) is 0.107. The van der Waals surface area contributed by atoms with Gasteiger partial charge in [-0.05, 0) is 38.1 Å². The first-order valence-corrected chi connectivity index (χ1v) is 6.50. The van der Waals surface area contributed by atoms with Gasteiger partial charge in [-0.15, -0.1) is 0 Å². The summed E-state index contributed by atoms with van der Waals surface area (Å²) in [5.74, 6) is -1.70. The van der Waals surface area contributed by atoms with Gasteiger partial charge < -0.3 is 10.1 Å². The van der Waals surface area contributed by atoms with Crippen LogP contribution in [0.2, 0.25) is 0 Å². The van der Waals surface area contributed by atoms with Gasteiger partial charge in [-0.3, -0.25) is 9.69 Å². The highest BCUT2D eigenvalue weighted by Gasteiger charge is 2.20. The topological polar surface area (TPSA) is 49.4 Å². The molecule has 1 aromatic carbocycles. The molecule has 0 aromatic heterocycles. The van der Waals surface area contributed by atoms with Crippen LogP contribution >= 0.6 is 0 Å². The Morgan fingerprint density at radius 3 is 2.40 bits per heavy atom. The minimum Gasteiger partial charge on any atom is -0.325 e. The zero-order valence-corrected chi connectivity index (χ0v) is 10.9. The molecule has 1 fully saturated rings. The molecule has 1 amide bonds. The molecular formula is C14H16F2N2O2. The van der Waals surface area contributed by atoms with Crippen molar-refractivity contribution in [2.75, 3.05) is 25.0 Å². The second kappa shape index (κ2) is 6.56. The summed E-state index contributed by atoms with van der Waals surface area (Å²) in [5, 5.41) is 2.47. The normalized spacial score (nSPS) is 16.9. The fourth-order valence-corrected chi connectivity index (χ4v) is 2.28. The maximum absolute atomic E-state index is 13.0. The zero-order valence-electron chi connectivity index (χ0n) is 10.9. The number of benzene rings is 1. The second-order valence-corrected chi connectivity index (χ2v) is 4.96. The van der Waals surface area contributed by atoms with E-state index in [4.69, 9.17) is 0 Å². The largest absolute Gasteiger partial charge is 0.325 e. The number of amides is 1. The summed E-state index contributed by atoms with van der Waals surface area (Å²) in [6.45, 7) is 1.51. The predicted molar refractivity (Wildman–Crippen MR) is 70.2 cm³/mol. The third-order valence-electron chi connectivity index (χ3n) is 3.34. The van der Waals surface area contributed by atoms with Crippen LogP contribution in [0.1, 0.15) is 12.8 Å². The van der Waals surface area contributed by atoms with Crippen LogP contribution < -0.4 is 5.32 Å². The Balaban J connectivity index is 1.85. The molecule has 1 heterocycles. The molecular weight excluding hydrogens is 266 g/mol. The van der Waals surface area contributed by atoms with Gasteiger partial charge in [0.2, 0.25) is 5.91 Å². The first-order valence-electron chi connectivity index (χ1n) is 6.50. The van der Waals surface area contributed by atoms with Crippen LogP contribution in [0.3, 0.4) is 0 Å². The lowest BCUT2D eigenvalue weighted by Gasteiger charge is -2.28. The lowest BCUT2D eigenvalue weighted by atomic mass is 9.99. The maximum atomic E-state index is 13.0. The van der Waals surface area contributed by atoms with Crippen LogP contribution in [-0.4, -0.2) is 36.7 Å². The first-order chi connectivity index (χ1) is 9.56. The molecule has 1 saturated heterocycles. The Bertz CT molecular complexity index is 480. The molecule has 20 heavy (non-hydrogen) atoms. The summed E-state index contributed by atoms with van der Waals surface area (Å²) in [6, 6.07) is 2.89. The fourth-order valence-electron chi connectivity index (χ4n) is 2.28. The summed E-state index contributed by atoms with van der Waals surface area (Å²) >= 11 is 0. The van der Waals surface area contributed by atoms with Gasteiger partial charge in [0.05, 0.1) is 6.54 Å².